The summed E-state index contributed by atoms with van der Waals surface area (Å²) in [5.74, 6) is -0.587. The van der Waals surface area contributed by atoms with Gasteiger partial charge in [-0.1, -0.05) is 50.3 Å². The molecule has 3 atom stereocenters. The molecule has 2 aliphatic heterocycles. The van der Waals surface area contributed by atoms with E-state index in [1.807, 2.05) is 24.3 Å². The molecule has 0 bridgehead atoms. The third-order valence-corrected chi connectivity index (χ3v) is 5.44. The van der Waals surface area contributed by atoms with Crippen molar-refractivity contribution < 1.29 is 14.2 Å². The van der Waals surface area contributed by atoms with Crippen LogP contribution < -0.4 is 0 Å². The number of ether oxygens (including phenoxy) is 3. The van der Waals surface area contributed by atoms with Gasteiger partial charge in [0.05, 0.1) is 19.3 Å². The van der Waals surface area contributed by atoms with E-state index in [2.05, 4.69) is 32.6 Å². The molecule has 0 aliphatic carbocycles. The van der Waals surface area contributed by atoms with Crippen molar-refractivity contribution in [1.82, 2.24) is 0 Å². The Labute approximate surface area is 146 Å². The molecule has 2 fully saturated rings. The first-order valence-corrected chi connectivity index (χ1v) is 9.17. The summed E-state index contributed by atoms with van der Waals surface area (Å²) in [5, 5.41) is 0. The van der Waals surface area contributed by atoms with E-state index in [9.17, 15) is 0 Å². The molecule has 0 unspecified atom stereocenters. The van der Waals surface area contributed by atoms with Crippen molar-refractivity contribution in [1.29, 1.82) is 0 Å². The maximum absolute atomic E-state index is 6.55. The SMILES string of the molecule is C=CC(C)(C)[C@H]1CC[C@H](OCc2ccccc2)[C@]2(CCCCO2)O1. The highest BCUT2D eigenvalue weighted by atomic mass is 16.7. The summed E-state index contributed by atoms with van der Waals surface area (Å²) in [6.07, 6.45) is 7.21. The van der Waals surface area contributed by atoms with Crippen molar-refractivity contribution in [3.8, 4) is 0 Å². The Morgan fingerprint density at radius 2 is 2.04 bits per heavy atom. The fraction of sp³-hybridized carbons (Fsp3) is 0.619. The predicted octanol–water partition coefficient (Wildman–Crippen LogP) is 4.86. The Morgan fingerprint density at radius 1 is 1.25 bits per heavy atom. The number of hydrogen-bond donors (Lipinski definition) is 0. The average Bonchev–Trinajstić information content (AvgIpc) is 2.62. The largest absolute Gasteiger partial charge is 0.368 e. The highest BCUT2D eigenvalue weighted by Gasteiger charge is 2.50. The molecule has 0 N–H and O–H groups in total. The van der Waals surface area contributed by atoms with Crippen molar-refractivity contribution in [3.05, 3.63) is 48.6 Å². The summed E-state index contributed by atoms with van der Waals surface area (Å²) < 4.78 is 19.0. The molecular weight excluding hydrogens is 300 g/mol. The lowest BCUT2D eigenvalue weighted by atomic mass is 9.80. The molecule has 0 radical (unpaired) electrons. The predicted molar refractivity (Wildman–Crippen MR) is 95.6 cm³/mol. The van der Waals surface area contributed by atoms with Crippen LogP contribution in [0.4, 0.5) is 0 Å². The first kappa shape index (κ1) is 17.7. The Balaban J connectivity index is 1.72. The molecule has 1 aromatic rings. The van der Waals surface area contributed by atoms with Gasteiger partial charge in [0, 0.05) is 11.8 Å². The van der Waals surface area contributed by atoms with Crippen LogP contribution in [0.25, 0.3) is 0 Å². The fourth-order valence-electron chi connectivity index (χ4n) is 3.67. The molecule has 24 heavy (non-hydrogen) atoms. The van der Waals surface area contributed by atoms with Gasteiger partial charge in [-0.2, -0.15) is 0 Å². The second-order valence-corrected chi connectivity index (χ2v) is 7.61. The quantitative estimate of drug-likeness (QED) is 0.722. The van der Waals surface area contributed by atoms with Crippen LogP contribution in [0, 0.1) is 5.41 Å². The van der Waals surface area contributed by atoms with Gasteiger partial charge in [0.25, 0.3) is 0 Å². The Kier molecular flexibility index (Phi) is 5.43. The van der Waals surface area contributed by atoms with Crippen molar-refractivity contribution in [3.63, 3.8) is 0 Å². The molecular formula is C21H30O3. The first-order chi connectivity index (χ1) is 11.6. The van der Waals surface area contributed by atoms with Crippen molar-refractivity contribution in [2.45, 2.75) is 70.6 Å². The van der Waals surface area contributed by atoms with Crippen LogP contribution in [0.15, 0.2) is 43.0 Å². The van der Waals surface area contributed by atoms with Gasteiger partial charge in [0.2, 0.25) is 0 Å². The van der Waals surface area contributed by atoms with Gasteiger partial charge in [0.1, 0.15) is 6.10 Å². The van der Waals surface area contributed by atoms with Gasteiger partial charge in [0.15, 0.2) is 5.79 Å². The molecule has 132 valence electrons. The minimum Gasteiger partial charge on any atom is -0.368 e. The normalized spacial score (nSPS) is 31.1. The van der Waals surface area contributed by atoms with E-state index < -0.39 is 5.79 Å². The molecule has 3 heteroatoms. The molecule has 0 amide bonds. The van der Waals surface area contributed by atoms with Crippen LogP contribution in [0.1, 0.15) is 51.5 Å². The molecule has 0 saturated carbocycles. The minimum atomic E-state index is -0.587. The minimum absolute atomic E-state index is 0.00475. The monoisotopic (exact) mass is 330 g/mol. The summed E-state index contributed by atoms with van der Waals surface area (Å²) in [7, 11) is 0. The van der Waals surface area contributed by atoms with Crippen molar-refractivity contribution >= 4 is 0 Å². The lowest BCUT2D eigenvalue weighted by molar-refractivity contribution is -0.351. The third kappa shape index (κ3) is 3.74. The second-order valence-electron chi connectivity index (χ2n) is 7.61. The van der Waals surface area contributed by atoms with E-state index >= 15 is 0 Å². The van der Waals surface area contributed by atoms with Crippen molar-refractivity contribution in [2.75, 3.05) is 6.61 Å². The van der Waals surface area contributed by atoms with Gasteiger partial charge in [-0.3, -0.25) is 0 Å². The Morgan fingerprint density at radius 3 is 2.71 bits per heavy atom. The van der Waals surface area contributed by atoms with E-state index in [0.29, 0.717) is 6.61 Å². The first-order valence-electron chi connectivity index (χ1n) is 9.17. The second kappa shape index (κ2) is 7.38. The van der Waals surface area contributed by atoms with Gasteiger partial charge >= 0.3 is 0 Å². The lowest BCUT2D eigenvalue weighted by Crippen LogP contribution is -2.57. The molecule has 2 heterocycles. The molecule has 3 nitrogen and oxygen atoms in total. The highest BCUT2D eigenvalue weighted by Crippen LogP contribution is 2.44. The van der Waals surface area contributed by atoms with Gasteiger partial charge in [-0.15, -0.1) is 6.58 Å². The molecule has 1 aromatic carbocycles. The van der Waals surface area contributed by atoms with Gasteiger partial charge in [-0.05, 0) is 31.2 Å². The van der Waals surface area contributed by atoms with E-state index in [1.54, 1.807) is 0 Å². The van der Waals surface area contributed by atoms with Crippen LogP contribution in [0.5, 0.6) is 0 Å². The zero-order valence-electron chi connectivity index (χ0n) is 15.0. The Hall–Kier alpha value is -1.16. The molecule has 3 rings (SSSR count). The highest BCUT2D eigenvalue weighted by molar-refractivity contribution is 5.13. The van der Waals surface area contributed by atoms with Crippen LogP contribution in [-0.2, 0) is 20.8 Å². The summed E-state index contributed by atoms with van der Waals surface area (Å²) in [6.45, 7) is 9.72. The Bertz CT molecular complexity index is 531. The topological polar surface area (TPSA) is 27.7 Å². The third-order valence-electron chi connectivity index (χ3n) is 5.44. The number of benzene rings is 1. The zero-order chi connectivity index (χ0) is 17.0. The summed E-state index contributed by atoms with van der Waals surface area (Å²) in [5.41, 5.74) is 1.13. The maximum atomic E-state index is 6.55. The van der Waals surface area contributed by atoms with E-state index in [4.69, 9.17) is 14.2 Å². The summed E-state index contributed by atoms with van der Waals surface area (Å²) >= 11 is 0. The smallest absolute Gasteiger partial charge is 0.195 e. The number of hydrogen-bond acceptors (Lipinski definition) is 3. The van der Waals surface area contributed by atoms with Crippen LogP contribution in [0.2, 0.25) is 0 Å². The zero-order valence-corrected chi connectivity index (χ0v) is 15.0. The molecule has 1 spiro atoms. The standard InChI is InChI=1S/C21H30O3/c1-4-20(2,3)18-12-13-19(21(24-18)14-8-9-15-23-21)22-16-17-10-6-5-7-11-17/h4-7,10-11,18-19H,1,8-9,12-16H2,2-3H3/t18-,19+,21+/m1/s1. The average molecular weight is 330 g/mol. The van der Waals surface area contributed by atoms with E-state index in [1.165, 1.54) is 5.56 Å². The summed E-state index contributed by atoms with van der Waals surface area (Å²) in [4.78, 5) is 0. The van der Waals surface area contributed by atoms with Crippen LogP contribution >= 0.6 is 0 Å². The maximum Gasteiger partial charge on any atom is 0.195 e. The molecule has 2 aliphatic rings. The van der Waals surface area contributed by atoms with E-state index in [-0.39, 0.29) is 17.6 Å². The molecule has 0 aromatic heterocycles. The lowest BCUT2D eigenvalue weighted by Gasteiger charge is -2.50. The van der Waals surface area contributed by atoms with Gasteiger partial charge in [-0.25, -0.2) is 0 Å². The van der Waals surface area contributed by atoms with Gasteiger partial charge < -0.3 is 14.2 Å². The summed E-state index contributed by atoms with van der Waals surface area (Å²) in [6, 6.07) is 10.3. The van der Waals surface area contributed by atoms with Crippen molar-refractivity contribution in [2.24, 2.45) is 5.41 Å². The van der Waals surface area contributed by atoms with Crippen LogP contribution in [0.3, 0.4) is 0 Å². The van der Waals surface area contributed by atoms with E-state index in [0.717, 1.165) is 38.7 Å². The fourth-order valence-corrected chi connectivity index (χ4v) is 3.67. The number of rotatable bonds is 5. The van der Waals surface area contributed by atoms with Crippen LogP contribution in [-0.4, -0.2) is 24.6 Å². The molecule has 2 saturated heterocycles.